The summed E-state index contributed by atoms with van der Waals surface area (Å²) in [5, 5.41) is 41.4. The molecule has 622 valence electrons. The van der Waals surface area contributed by atoms with E-state index in [1.165, 1.54) is 30.0 Å². The average Bonchev–Trinajstić information content (AvgIpc) is 1.68. The molecule has 0 saturated carbocycles. The summed E-state index contributed by atoms with van der Waals surface area (Å²) in [5.41, 5.74) is 36.6. The van der Waals surface area contributed by atoms with E-state index in [1.54, 1.807) is 102 Å². The number of aromatic nitrogens is 18. The number of nitrogens with two attached hydrogens (primary N) is 2. The monoisotopic (exact) mass is 1720 g/mol. The zero-order valence-electron chi connectivity index (χ0n) is 62.7. The molecule has 0 aliphatic heterocycles. The van der Waals surface area contributed by atoms with E-state index in [1.807, 2.05) is 19.9 Å². The molecule has 43 nitrogen and oxygen atoms in total. The van der Waals surface area contributed by atoms with E-state index in [2.05, 4.69) is 111 Å². The molecule has 0 radical (unpaired) electrons. The van der Waals surface area contributed by atoms with Crippen molar-refractivity contribution in [3.8, 4) is 0 Å². The number of H-pyrrole nitrogens is 4. The molecular formula is C70H84Cl4N29NaO14. The molecule has 118 heavy (non-hydrogen) atoms. The number of nitrogen functional groups attached to an aromatic ring is 1. The summed E-state index contributed by atoms with van der Waals surface area (Å²) in [4.78, 5) is 103. The van der Waals surface area contributed by atoms with Crippen molar-refractivity contribution in [2.45, 2.75) is 116 Å². The summed E-state index contributed by atoms with van der Waals surface area (Å²) in [6.45, 7) is 16.7. The Labute approximate surface area is 714 Å². The number of halogens is 4. The zero-order chi connectivity index (χ0) is 83.1. The average molecular weight is 1720 g/mol. The number of alkyl halides is 1. The Bertz CT molecular complexity index is 5350. The molecule has 14 heterocycles. The number of rotatable bonds is 20. The van der Waals surface area contributed by atoms with Crippen LogP contribution in [0.2, 0.25) is 15.5 Å². The minimum atomic E-state index is -0.514. The molecule has 0 aliphatic carbocycles. The van der Waals surface area contributed by atoms with Gasteiger partial charge in [-0.2, -0.15) is 10.2 Å². The van der Waals surface area contributed by atoms with Gasteiger partial charge in [-0.3, -0.25) is 15.1 Å². The molecule has 0 bridgehead atoms. The molecule has 0 aromatic carbocycles. The molecule has 0 aliphatic rings. The molecule has 48 heteroatoms. The van der Waals surface area contributed by atoms with Crippen molar-refractivity contribution < 1.29 is 94.9 Å². The van der Waals surface area contributed by atoms with Gasteiger partial charge in [0.05, 0.1) is 87.2 Å². The number of hydrogen-bond donors (Lipinski definition) is 10. The molecule has 0 spiro atoms. The van der Waals surface area contributed by atoms with Gasteiger partial charge in [0, 0.05) is 11.1 Å². The van der Waals surface area contributed by atoms with Crippen LogP contribution in [-0.2, 0) is 57.6 Å². The smallest absolute Gasteiger partial charge is 0.462 e. The van der Waals surface area contributed by atoms with E-state index in [9.17, 15) is 19.2 Å². The standard InChI is InChI=1S/C13H13N5O3.C11H11N5O2.C8H9ClO3.C8H9N3O3.C8H11NO3.2C7H7ClN4.C5H5ClN4.3CH4.N3.Na/c1-2-20-13(19)10-4-3-8(21-10)5-14-11-9-6-17-18-12(9)16-7-15-11;17-5-8-2-1-7(18-8)3-12-10-9-4-15-16-11(9)14-6-13-10;1-2-11-8(10)7-4-3-6(5-9)12-7;1-2-13-8(12)7-4-3-6(14-7)5-10-11-9;1-2-11-8(10)7-4-3-6(5-9)12-7;2*1-3-9-5-6(8)10-4(2)12-7(5)11-3;6-4-3(1-7)5(8)10-2-9-4;;;;1-3-2;/h3-4,6-7H,2,5H2,1H3,(H2,14,15,16,17,18);1-2,4,6,17H,3,5H2,(H2,12,13,14,15,16);3-4H,2,5H2,1H3;3-4H,2,5H2,1H3;3-4H,2,5,9H2,1H3;2*1-2H3,(H,9,10,11,12);1-2,7H,(H2,8,9,10);3*1H4;;/q;;;;;;;;;;;-1;+1. The molecule has 14 rings (SSSR count). The van der Waals surface area contributed by atoms with Gasteiger partial charge in [-0.05, 0) is 122 Å². The van der Waals surface area contributed by atoms with Gasteiger partial charge < -0.3 is 94.7 Å². The number of carbonyl (C=O) groups excluding carboxylic acids is 4. The van der Waals surface area contributed by atoms with E-state index in [0.717, 1.165) is 34.4 Å². The molecule has 0 unspecified atom stereocenters. The van der Waals surface area contributed by atoms with Crippen LogP contribution < -0.4 is 51.7 Å². The summed E-state index contributed by atoms with van der Waals surface area (Å²) in [5.74, 6) is 7.00. The van der Waals surface area contributed by atoms with E-state index in [4.69, 9.17) is 126 Å². The van der Waals surface area contributed by atoms with E-state index in [-0.39, 0.29) is 105 Å². The number of aromatic amines is 4. The largest absolute Gasteiger partial charge is 1.00 e. The van der Waals surface area contributed by atoms with Gasteiger partial charge in [-0.25, -0.2) is 79.0 Å². The van der Waals surface area contributed by atoms with Crippen LogP contribution in [0.3, 0.4) is 0 Å². The van der Waals surface area contributed by atoms with Crippen LogP contribution in [-0.4, -0.2) is 152 Å². The van der Waals surface area contributed by atoms with Crippen LogP contribution in [0.4, 0.5) is 17.5 Å². The van der Waals surface area contributed by atoms with Crippen molar-refractivity contribution in [3.63, 3.8) is 0 Å². The molecule has 12 N–H and O–H groups in total. The third kappa shape index (κ3) is 31.8. The number of azide groups is 1. The van der Waals surface area contributed by atoms with Crippen molar-refractivity contribution in [1.82, 2.24) is 90.2 Å². The number of aliphatic hydroxyl groups is 1. The molecule has 0 saturated heterocycles. The van der Waals surface area contributed by atoms with E-state index in [0.29, 0.717) is 148 Å². The summed E-state index contributed by atoms with van der Waals surface area (Å²) in [7, 11) is 0. The second kappa shape index (κ2) is 53.5. The van der Waals surface area contributed by atoms with Crippen LogP contribution in [0.5, 0.6) is 0 Å². The number of ether oxygens (including phenoxy) is 4. The van der Waals surface area contributed by atoms with Crippen LogP contribution in [0.15, 0.2) is 119 Å². The van der Waals surface area contributed by atoms with Crippen LogP contribution in [0, 0.1) is 33.1 Å². The third-order valence-electron chi connectivity index (χ3n) is 13.5. The van der Waals surface area contributed by atoms with Gasteiger partial charge in [0.15, 0.2) is 32.9 Å². The fourth-order valence-electron chi connectivity index (χ4n) is 8.66. The Hall–Kier alpha value is -12.7. The Morgan fingerprint density at radius 2 is 0.932 bits per heavy atom. The molecule has 0 amide bonds. The van der Waals surface area contributed by atoms with Gasteiger partial charge in [0.1, 0.15) is 117 Å². The number of carbonyl (C=O) groups is 4. The Morgan fingerprint density at radius 3 is 1.31 bits per heavy atom. The minimum Gasteiger partial charge on any atom is -0.462 e. The first-order valence-corrected chi connectivity index (χ1v) is 34.9. The zero-order valence-corrected chi connectivity index (χ0v) is 67.7. The third-order valence-corrected chi connectivity index (χ3v) is 14.6. The van der Waals surface area contributed by atoms with E-state index < -0.39 is 23.9 Å². The van der Waals surface area contributed by atoms with Crippen molar-refractivity contribution in [2.75, 3.05) is 42.8 Å². The number of esters is 4. The summed E-state index contributed by atoms with van der Waals surface area (Å²) < 4.78 is 44.9. The Morgan fingerprint density at radius 1 is 0.551 bits per heavy atom. The number of nitrogens with zero attached hydrogens (tertiary/aromatic N) is 20. The van der Waals surface area contributed by atoms with Crippen molar-refractivity contribution >= 4 is 138 Å². The maximum Gasteiger partial charge on any atom is 1.00 e. The topological polar surface area (TPSA) is 642 Å². The number of furan rings is 5. The maximum atomic E-state index is 11.5. The molecule has 0 atom stereocenters. The van der Waals surface area contributed by atoms with E-state index >= 15 is 0 Å². The predicted octanol–water partition coefficient (Wildman–Crippen LogP) is 11.9. The quantitative estimate of drug-likeness (QED) is 0.00390. The van der Waals surface area contributed by atoms with Crippen LogP contribution in [0.1, 0.15) is 156 Å². The number of imidazole rings is 2. The first-order chi connectivity index (χ1) is 55.0. The fourth-order valence-corrected chi connectivity index (χ4v) is 9.51. The molecule has 14 aromatic heterocycles. The Kier molecular flexibility index (Phi) is 46.0. The van der Waals surface area contributed by atoms with Gasteiger partial charge in [-0.1, -0.05) is 62.2 Å². The molecular weight excluding hydrogens is 1640 g/mol. The first kappa shape index (κ1) is 101. The van der Waals surface area contributed by atoms with Crippen molar-refractivity contribution in [3.05, 3.63) is 220 Å². The Balaban J connectivity index is 0.000000458. The second-order valence-electron chi connectivity index (χ2n) is 21.5. The van der Waals surface area contributed by atoms with Crippen molar-refractivity contribution in [2.24, 2.45) is 10.8 Å². The minimum absolute atomic E-state index is 0. The molecule has 0 fully saturated rings. The first-order valence-electron chi connectivity index (χ1n) is 33.2. The van der Waals surface area contributed by atoms with Crippen LogP contribution >= 0.6 is 46.4 Å². The number of anilines is 3. The maximum absolute atomic E-state index is 11.5. The summed E-state index contributed by atoms with van der Waals surface area (Å²) in [6, 6.07) is 16.3. The van der Waals surface area contributed by atoms with Crippen LogP contribution in [0.25, 0.3) is 70.8 Å². The van der Waals surface area contributed by atoms with Gasteiger partial charge in [0.25, 0.3) is 0 Å². The fraction of sp³-hybridized carbons (Fsp3) is 0.300. The SMILES string of the molecule is C.C.C.CCOC(=O)c1ccc(CCl)o1.CCOC(=O)c1ccc(CN)o1.CCOC(=O)c1ccc(CN=[N+]=[N-])o1.CCOC(=O)c1ccc(CNc2ncnc3[nH]ncc23)o1.Cc1nc(Cl)c2[nH]c(C)nc2n1.Cc1nc(Cl)c2[nH]c(C)nc2n1.N=Cc1c(N)ncnc1Cl.OCc1ccc(CNc2ncnc3[nH]ncc23)o1.[N-]=[N+]=[N-].[Na+]. The van der Waals surface area contributed by atoms with Gasteiger partial charge in [0.2, 0.25) is 23.0 Å². The van der Waals surface area contributed by atoms with Gasteiger partial charge >= 0.3 is 53.4 Å². The summed E-state index contributed by atoms with van der Waals surface area (Å²) in [6.07, 6.45) is 8.49. The number of fused-ring (bicyclic) bond motifs is 4. The number of aryl methyl sites for hydroxylation is 4. The molecule has 14 aromatic rings. The van der Waals surface area contributed by atoms with Crippen molar-refractivity contribution in [1.29, 1.82) is 5.41 Å². The van der Waals surface area contributed by atoms with Gasteiger partial charge in [-0.15, -0.1) is 11.6 Å². The number of aliphatic hydroxyl groups excluding tert-OH is 1. The number of hydrogen-bond acceptors (Lipinski definition) is 34. The second-order valence-corrected chi connectivity index (χ2v) is 22.8. The predicted molar refractivity (Wildman–Crippen MR) is 434 cm³/mol. The summed E-state index contributed by atoms with van der Waals surface area (Å²) >= 11 is 22.7. The number of nitrogens with one attached hydrogen (secondary N) is 7. The normalized spacial score (nSPS) is 9.75.